The lowest BCUT2D eigenvalue weighted by Crippen LogP contribution is -2.28. The fourth-order valence-corrected chi connectivity index (χ4v) is 2.18. The van der Waals surface area contributed by atoms with Gasteiger partial charge in [-0.3, -0.25) is 4.79 Å². The molecule has 0 unspecified atom stereocenters. The molecule has 0 amide bonds. The molecule has 0 N–H and O–H groups in total. The van der Waals surface area contributed by atoms with Crippen LogP contribution in [-0.2, 0) is 5.41 Å². The van der Waals surface area contributed by atoms with Crippen LogP contribution >= 0.6 is 0 Å². The first kappa shape index (κ1) is 10.2. The molecule has 3 nitrogen and oxygen atoms in total. The second-order valence-electron chi connectivity index (χ2n) is 4.32. The van der Waals surface area contributed by atoms with Crippen LogP contribution in [0.4, 0.5) is 4.39 Å². The fraction of sp³-hybridized carbons (Fsp3) is 0.231. The Bertz CT molecular complexity index is 559. The molecule has 1 aliphatic carbocycles. The van der Waals surface area contributed by atoms with E-state index < -0.39 is 5.41 Å². The van der Waals surface area contributed by atoms with Crippen molar-refractivity contribution < 1.29 is 9.18 Å². The van der Waals surface area contributed by atoms with E-state index in [2.05, 4.69) is 5.10 Å². The van der Waals surface area contributed by atoms with Crippen molar-refractivity contribution in [1.29, 1.82) is 0 Å². The summed E-state index contributed by atoms with van der Waals surface area (Å²) in [5.41, 5.74) is -0.210. The van der Waals surface area contributed by atoms with Crippen molar-refractivity contribution in [3.8, 4) is 0 Å². The minimum absolute atomic E-state index is 0.146. The van der Waals surface area contributed by atoms with E-state index in [1.165, 1.54) is 10.7 Å². The molecule has 1 aliphatic rings. The minimum atomic E-state index is -0.697. The first-order chi connectivity index (χ1) is 8.24. The van der Waals surface area contributed by atoms with Gasteiger partial charge in [0.25, 0.3) is 5.91 Å². The number of nitrogens with zero attached hydrogens (tertiary/aromatic N) is 2. The average Bonchev–Trinajstić information content (AvgIpc) is 2.96. The lowest BCUT2D eigenvalue weighted by Gasteiger charge is -2.14. The molecule has 0 saturated heterocycles. The Morgan fingerprint density at radius 3 is 2.65 bits per heavy atom. The lowest BCUT2D eigenvalue weighted by atomic mass is 9.94. The number of carbonyl (C=O) groups excluding carboxylic acids is 1. The van der Waals surface area contributed by atoms with Crippen molar-refractivity contribution in [3.05, 3.63) is 54.1 Å². The monoisotopic (exact) mass is 230 g/mol. The molecule has 1 heterocycles. The SMILES string of the molecule is O=C(n1cccn1)C1(c2ccccc2F)CC1. The summed E-state index contributed by atoms with van der Waals surface area (Å²) in [7, 11) is 0. The van der Waals surface area contributed by atoms with Gasteiger partial charge in [-0.25, -0.2) is 9.07 Å². The summed E-state index contributed by atoms with van der Waals surface area (Å²) in [6, 6.07) is 8.16. The summed E-state index contributed by atoms with van der Waals surface area (Å²) in [6.07, 6.45) is 4.53. The van der Waals surface area contributed by atoms with Gasteiger partial charge < -0.3 is 0 Å². The minimum Gasteiger partial charge on any atom is -0.272 e. The Balaban J connectivity index is 2.03. The summed E-state index contributed by atoms with van der Waals surface area (Å²) in [5.74, 6) is -0.460. The smallest absolute Gasteiger partial charge is 0.257 e. The maximum atomic E-state index is 13.7. The number of rotatable bonds is 2. The van der Waals surface area contributed by atoms with Crippen molar-refractivity contribution in [2.75, 3.05) is 0 Å². The zero-order chi connectivity index (χ0) is 11.9. The highest BCUT2D eigenvalue weighted by Gasteiger charge is 2.53. The fourth-order valence-electron chi connectivity index (χ4n) is 2.18. The maximum Gasteiger partial charge on any atom is 0.257 e. The van der Waals surface area contributed by atoms with E-state index in [9.17, 15) is 9.18 Å². The van der Waals surface area contributed by atoms with Gasteiger partial charge in [0.15, 0.2) is 0 Å². The van der Waals surface area contributed by atoms with Gasteiger partial charge in [-0.2, -0.15) is 5.10 Å². The molecule has 86 valence electrons. The zero-order valence-corrected chi connectivity index (χ0v) is 9.14. The third-order valence-corrected chi connectivity index (χ3v) is 3.26. The molecule has 3 rings (SSSR count). The van der Waals surface area contributed by atoms with Crippen LogP contribution in [0.1, 0.15) is 23.2 Å². The largest absolute Gasteiger partial charge is 0.272 e. The van der Waals surface area contributed by atoms with Gasteiger partial charge in [-0.15, -0.1) is 0 Å². The molecular weight excluding hydrogens is 219 g/mol. The van der Waals surface area contributed by atoms with E-state index in [1.54, 1.807) is 36.7 Å². The van der Waals surface area contributed by atoms with Gasteiger partial charge in [0, 0.05) is 18.0 Å². The van der Waals surface area contributed by atoms with E-state index in [4.69, 9.17) is 0 Å². The number of hydrogen-bond acceptors (Lipinski definition) is 2. The number of carbonyl (C=O) groups is 1. The maximum absolute atomic E-state index is 13.7. The summed E-state index contributed by atoms with van der Waals surface area (Å²) in [5, 5.41) is 3.92. The standard InChI is InChI=1S/C13H11FN2O/c14-11-5-2-1-4-10(11)13(6-7-13)12(17)16-9-3-8-15-16/h1-5,8-9H,6-7H2. The van der Waals surface area contributed by atoms with Gasteiger partial charge in [-0.05, 0) is 25.0 Å². The molecule has 17 heavy (non-hydrogen) atoms. The molecule has 2 aromatic rings. The molecule has 1 aromatic carbocycles. The Morgan fingerprint density at radius 1 is 1.29 bits per heavy atom. The summed E-state index contributed by atoms with van der Waals surface area (Å²) < 4.78 is 15.0. The Kier molecular flexibility index (Phi) is 2.11. The second kappa shape index (κ2) is 3.52. The van der Waals surface area contributed by atoms with E-state index >= 15 is 0 Å². The molecule has 1 saturated carbocycles. The first-order valence-corrected chi connectivity index (χ1v) is 5.53. The van der Waals surface area contributed by atoms with E-state index in [0.29, 0.717) is 18.4 Å². The van der Waals surface area contributed by atoms with Crippen LogP contribution < -0.4 is 0 Å². The number of hydrogen-bond donors (Lipinski definition) is 0. The van der Waals surface area contributed by atoms with Crippen LogP contribution in [0.15, 0.2) is 42.7 Å². The van der Waals surface area contributed by atoms with Gasteiger partial charge >= 0.3 is 0 Å². The zero-order valence-electron chi connectivity index (χ0n) is 9.14. The van der Waals surface area contributed by atoms with Crippen molar-refractivity contribution in [2.45, 2.75) is 18.3 Å². The van der Waals surface area contributed by atoms with Crippen molar-refractivity contribution >= 4 is 5.91 Å². The van der Waals surface area contributed by atoms with Crippen molar-refractivity contribution in [2.24, 2.45) is 0 Å². The molecule has 0 radical (unpaired) electrons. The van der Waals surface area contributed by atoms with Crippen LogP contribution in [0.5, 0.6) is 0 Å². The highest BCUT2D eigenvalue weighted by Crippen LogP contribution is 2.50. The van der Waals surface area contributed by atoms with E-state index in [-0.39, 0.29) is 11.7 Å². The molecule has 0 spiro atoms. The van der Waals surface area contributed by atoms with Gasteiger partial charge in [-0.1, -0.05) is 18.2 Å². The molecule has 1 fully saturated rings. The number of benzene rings is 1. The van der Waals surface area contributed by atoms with Crippen molar-refractivity contribution in [3.63, 3.8) is 0 Å². The molecule has 0 atom stereocenters. The van der Waals surface area contributed by atoms with Gasteiger partial charge in [0.05, 0.1) is 5.41 Å². The summed E-state index contributed by atoms with van der Waals surface area (Å²) in [6.45, 7) is 0. The molecular formula is C13H11FN2O. The summed E-state index contributed by atoms with van der Waals surface area (Å²) >= 11 is 0. The molecule has 4 heteroatoms. The Morgan fingerprint density at radius 2 is 2.06 bits per heavy atom. The molecule has 0 bridgehead atoms. The third kappa shape index (κ3) is 1.48. The highest BCUT2D eigenvalue weighted by molar-refractivity contribution is 5.92. The predicted molar refractivity (Wildman–Crippen MR) is 60.2 cm³/mol. The van der Waals surface area contributed by atoms with Crippen LogP contribution in [0.3, 0.4) is 0 Å². The molecule has 1 aromatic heterocycles. The van der Waals surface area contributed by atoms with E-state index in [1.807, 2.05) is 0 Å². The second-order valence-corrected chi connectivity index (χ2v) is 4.32. The van der Waals surface area contributed by atoms with Gasteiger partial charge in [0.1, 0.15) is 5.82 Å². The van der Waals surface area contributed by atoms with Crippen LogP contribution in [-0.4, -0.2) is 15.7 Å². The molecule has 0 aliphatic heterocycles. The number of halogens is 1. The van der Waals surface area contributed by atoms with Crippen LogP contribution in [0, 0.1) is 5.82 Å². The lowest BCUT2D eigenvalue weighted by molar-refractivity contribution is 0.0844. The first-order valence-electron chi connectivity index (χ1n) is 5.53. The summed E-state index contributed by atoms with van der Waals surface area (Å²) in [4.78, 5) is 12.3. The quantitative estimate of drug-likeness (QED) is 0.794. The highest BCUT2D eigenvalue weighted by atomic mass is 19.1. The Hall–Kier alpha value is -1.97. The Labute approximate surface area is 97.9 Å². The van der Waals surface area contributed by atoms with Crippen molar-refractivity contribution in [1.82, 2.24) is 9.78 Å². The van der Waals surface area contributed by atoms with Crippen LogP contribution in [0.2, 0.25) is 0 Å². The normalized spacial score (nSPS) is 16.8. The van der Waals surface area contributed by atoms with Crippen LogP contribution in [0.25, 0.3) is 0 Å². The number of aromatic nitrogens is 2. The van der Waals surface area contributed by atoms with Gasteiger partial charge in [0.2, 0.25) is 0 Å². The topological polar surface area (TPSA) is 34.9 Å². The van der Waals surface area contributed by atoms with E-state index in [0.717, 1.165) is 0 Å². The predicted octanol–water partition coefficient (Wildman–Crippen LogP) is 2.39. The average molecular weight is 230 g/mol. The third-order valence-electron chi connectivity index (χ3n) is 3.26.